The lowest BCUT2D eigenvalue weighted by Gasteiger charge is -2.11. The van der Waals surface area contributed by atoms with Gasteiger partial charge < -0.3 is 14.9 Å². The molecule has 23 heavy (non-hydrogen) atoms. The SMILES string of the molecule is O=C(O)CCC(O)c1ccc(OCc2cc(F)ccc2F)cc1. The minimum atomic E-state index is -0.971. The van der Waals surface area contributed by atoms with Crippen molar-refractivity contribution < 1.29 is 28.5 Å². The lowest BCUT2D eigenvalue weighted by molar-refractivity contribution is -0.137. The molecule has 0 bridgehead atoms. The largest absolute Gasteiger partial charge is 0.489 e. The van der Waals surface area contributed by atoms with Gasteiger partial charge in [-0.3, -0.25) is 4.79 Å². The van der Waals surface area contributed by atoms with Gasteiger partial charge in [-0.2, -0.15) is 0 Å². The number of carbonyl (C=O) groups is 1. The zero-order valence-corrected chi connectivity index (χ0v) is 12.2. The van der Waals surface area contributed by atoms with Gasteiger partial charge in [0, 0.05) is 12.0 Å². The predicted molar refractivity (Wildman–Crippen MR) is 79.0 cm³/mol. The second kappa shape index (κ2) is 7.69. The Hall–Kier alpha value is -2.47. The van der Waals surface area contributed by atoms with E-state index in [-0.39, 0.29) is 25.0 Å². The van der Waals surface area contributed by atoms with Crippen LogP contribution in [0.4, 0.5) is 8.78 Å². The van der Waals surface area contributed by atoms with E-state index in [2.05, 4.69) is 0 Å². The zero-order chi connectivity index (χ0) is 16.8. The molecule has 0 spiro atoms. The minimum Gasteiger partial charge on any atom is -0.489 e. The van der Waals surface area contributed by atoms with Crippen LogP contribution in [0, 0.1) is 11.6 Å². The third-order valence-corrected chi connectivity index (χ3v) is 3.30. The van der Waals surface area contributed by atoms with E-state index in [4.69, 9.17) is 9.84 Å². The molecule has 2 N–H and O–H groups in total. The Morgan fingerprint density at radius 1 is 1.13 bits per heavy atom. The number of carboxylic acids is 1. The molecule has 0 fully saturated rings. The van der Waals surface area contributed by atoms with Crippen molar-refractivity contribution >= 4 is 5.97 Å². The van der Waals surface area contributed by atoms with Crippen molar-refractivity contribution in [3.63, 3.8) is 0 Å². The van der Waals surface area contributed by atoms with Crippen LogP contribution < -0.4 is 4.74 Å². The molecular weight excluding hydrogens is 306 g/mol. The van der Waals surface area contributed by atoms with E-state index in [1.165, 1.54) is 0 Å². The molecule has 0 saturated carbocycles. The number of carboxylic acid groups (broad SMARTS) is 1. The van der Waals surface area contributed by atoms with E-state index < -0.39 is 23.7 Å². The molecule has 0 saturated heterocycles. The van der Waals surface area contributed by atoms with Gasteiger partial charge in [-0.1, -0.05) is 12.1 Å². The van der Waals surface area contributed by atoms with E-state index in [0.29, 0.717) is 11.3 Å². The molecule has 0 aliphatic carbocycles. The van der Waals surface area contributed by atoms with Gasteiger partial charge in [-0.15, -0.1) is 0 Å². The molecule has 0 radical (unpaired) electrons. The molecule has 2 aromatic carbocycles. The van der Waals surface area contributed by atoms with E-state index in [1.807, 2.05) is 0 Å². The first kappa shape index (κ1) is 16.9. The van der Waals surface area contributed by atoms with Crippen LogP contribution in [0.2, 0.25) is 0 Å². The molecule has 0 aromatic heterocycles. The lowest BCUT2D eigenvalue weighted by Crippen LogP contribution is -2.03. The Balaban J connectivity index is 1.94. The van der Waals surface area contributed by atoms with Gasteiger partial charge in [0.2, 0.25) is 0 Å². The van der Waals surface area contributed by atoms with Gasteiger partial charge >= 0.3 is 5.97 Å². The summed E-state index contributed by atoms with van der Waals surface area (Å²) in [6.07, 6.45) is -0.886. The van der Waals surface area contributed by atoms with Crippen LogP contribution in [-0.2, 0) is 11.4 Å². The van der Waals surface area contributed by atoms with Crippen molar-refractivity contribution in [2.45, 2.75) is 25.6 Å². The summed E-state index contributed by atoms with van der Waals surface area (Å²) < 4.78 is 31.9. The van der Waals surface area contributed by atoms with Crippen LogP contribution in [0.3, 0.4) is 0 Å². The fraction of sp³-hybridized carbons (Fsp3) is 0.235. The number of ether oxygens (including phenoxy) is 1. The molecule has 2 aromatic rings. The average molecular weight is 322 g/mol. The zero-order valence-electron chi connectivity index (χ0n) is 12.2. The van der Waals surface area contributed by atoms with Crippen molar-refractivity contribution in [1.29, 1.82) is 0 Å². The van der Waals surface area contributed by atoms with Crippen molar-refractivity contribution in [1.82, 2.24) is 0 Å². The summed E-state index contributed by atoms with van der Waals surface area (Å²) in [5.41, 5.74) is 0.672. The van der Waals surface area contributed by atoms with Gasteiger partial charge in [0.1, 0.15) is 24.0 Å². The van der Waals surface area contributed by atoms with Crippen LogP contribution in [-0.4, -0.2) is 16.2 Å². The highest BCUT2D eigenvalue weighted by Crippen LogP contribution is 2.22. The number of aliphatic hydroxyl groups is 1. The molecule has 2 rings (SSSR count). The first-order valence-electron chi connectivity index (χ1n) is 7.02. The molecule has 0 amide bonds. The summed E-state index contributed by atoms with van der Waals surface area (Å²) in [7, 11) is 0. The Morgan fingerprint density at radius 2 is 1.83 bits per heavy atom. The van der Waals surface area contributed by atoms with E-state index >= 15 is 0 Å². The van der Waals surface area contributed by atoms with Crippen molar-refractivity contribution in [2.75, 3.05) is 0 Å². The highest BCUT2D eigenvalue weighted by atomic mass is 19.1. The van der Waals surface area contributed by atoms with Crippen LogP contribution in [0.1, 0.15) is 30.1 Å². The van der Waals surface area contributed by atoms with E-state index in [1.54, 1.807) is 24.3 Å². The topological polar surface area (TPSA) is 66.8 Å². The molecular formula is C17H16F2O4. The van der Waals surface area contributed by atoms with Crippen LogP contribution in [0.15, 0.2) is 42.5 Å². The number of aliphatic carboxylic acids is 1. The number of aliphatic hydroxyl groups excluding tert-OH is 1. The fourth-order valence-electron chi connectivity index (χ4n) is 2.03. The normalized spacial score (nSPS) is 12.0. The Bertz CT molecular complexity index is 671. The lowest BCUT2D eigenvalue weighted by atomic mass is 10.1. The Labute approximate surface area is 132 Å². The Morgan fingerprint density at radius 3 is 2.48 bits per heavy atom. The number of halogens is 2. The minimum absolute atomic E-state index is 0.107. The van der Waals surface area contributed by atoms with Gasteiger partial charge in [-0.25, -0.2) is 8.78 Å². The summed E-state index contributed by atoms with van der Waals surface area (Å²) in [4.78, 5) is 10.5. The molecule has 1 unspecified atom stereocenters. The monoisotopic (exact) mass is 322 g/mol. The first-order valence-corrected chi connectivity index (χ1v) is 7.02. The van der Waals surface area contributed by atoms with E-state index in [9.17, 15) is 18.7 Å². The summed E-state index contributed by atoms with van der Waals surface area (Å²) in [6.45, 7) is -0.121. The predicted octanol–water partition coefficient (Wildman–Crippen LogP) is 3.44. The summed E-state index contributed by atoms with van der Waals surface area (Å²) >= 11 is 0. The molecule has 1 atom stereocenters. The van der Waals surface area contributed by atoms with Crippen LogP contribution >= 0.6 is 0 Å². The van der Waals surface area contributed by atoms with E-state index in [0.717, 1.165) is 18.2 Å². The maximum atomic E-state index is 13.5. The molecule has 4 nitrogen and oxygen atoms in total. The first-order chi connectivity index (χ1) is 11.0. The third-order valence-electron chi connectivity index (χ3n) is 3.30. The Kier molecular flexibility index (Phi) is 5.65. The second-order valence-corrected chi connectivity index (χ2v) is 5.04. The maximum Gasteiger partial charge on any atom is 0.303 e. The van der Waals surface area contributed by atoms with Crippen LogP contribution in [0.25, 0.3) is 0 Å². The number of hydrogen-bond donors (Lipinski definition) is 2. The smallest absolute Gasteiger partial charge is 0.303 e. The quantitative estimate of drug-likeness (QED) is 0.819. The van der Waals surface area contributed by atoms with Gasteiger partial charge in [0.25, 0.3) is 0 Å². The van der Waals surface area contributed by atoms with Crippen molar-refractivity contribution in [3.8, 4) is 5.75 Å². The van der Waals surface area contributed by atoms with Crippen LogP contribution in [0.5, 0.6) is 5.75 Å². The van der Waals surface area contributed by atoms with Crippen molar-refractivity contribution in [3.05, 3.63) is 65.2 Å². The summed E-state index contributed by atoms with van der Waals surface area (Å²) in [5, 5.41) is 18.4. The average Bonchev–Trinajstić information content (AvgIpc) is 2.54. The van der Waals surface area contributed by atoms with Gasteiger partial charge in [0.15, 0.2) is 0 Å². The number of benzene rings is 2. The van der Waals surface area contributed by atoms with Crippen molar-refractivity contribution in [2.24, 2.45) is 0 Å². The summed E-state index contributed by atoms with van der Waals surface area (Å²) in [5.74, 6) is -1.63. The van der Waals surface area contributed by atoms with Gasteiger partial charge in [-0.05, 0) is 42.3 Å². The molecule has 0 aliphatic rings. The molecule has 6 heteroatoms. The number of hydrogen-bond acceptors (Lipinski definition) is 3. The highest BCUT2D eigenvalue weighted by molar-refractivity contribution is 5.66. The molecule has 122 valence electrons. The molecule has 0 aliphatic heterocycles. The summed E-state index contributed by atoms with van der Waals surface area (Å²) in [6, 6.07) is 9.50. The highest BCUT2D eigenvalue weighted by Gasteiger charge is 2.10. The standard InChI is InChI=1S/C17H16F2O4/c18-13-3-6-15(19)12(9-13)10-23-14-4-1-11(2-5-14)16(20)7-8-17(21)22/h1-6,9,16,20H,7-8,10H2,(H,21,22). The van der Waals surface area contributed by atoms with Gasteiger partial charge in [0.05, 0.1) is 6.10 Å². The third kappa shape index (κ3) is 5.03. The number of rotatable bonds is 7. The maximum absolute atomic E-state index is 13.5. The fourth-order valence-corrected chi connectivity index (χ4v) is 2.03. The second-order valence-electron chi connectivity index (χ2n) is 5.04. The molecule has 0 heterocycles.